The van der Waals surface area contributed by atoms with E-state index in [2.05, 4.69) is 29.0 Å². The second kappa shape index (κ2) is 5.83. The van der Waals surface area contributed by atoms with Gasteiger partial charge in [-0.05, 0) is 24.7 Å². The van der Waals surface area contributed by atoms with Crippen LogP contribution in [0.2, 0.25) is 0 Å². The molecule has 0 amide bonds. The minimum Gasteiger partial charge on any atom is -0.481 e. The van der Waals surface area contributed by atoms with E-state index < -0.39 is 5.97 Å². The van der Waals surface area contributed by atoms with Gasteiger partial charge in [0.2, 0.25) is 0 Å². The summed E-state index contributed by atoms with van der Waals surface area (Å²) in [7, 11) is 2.14. The summed E-state index contributed by atoms with van der Waals surface area (Å²) in [6.07, 6.45) is 0.152. The van der Waals surface area contributed by atoms with E-state index in [-0.39, 0.29) is 11.8 Å². The first kappa shape index (κ1) is 14.9. The van der Waals surface area contributed by atoms with Gasteiger partial charge in [-0.15, -0.1) is 0 Å². The van der Waals surface area contributed by atoms with Crippen LogP contribution < -0.4 is 4.90 Å². The lowest BCUT2D eigenvalue weighted by Gasteiger charge is -2.35. The van der Waals surface area contributed by atoms with Crippen LogP contribution in [0.1, 0.15) is 25.8 Å². The Morgan fingerprint density at radius 2 is 1.90 bits per heavy atom. The second-order valence-corrected chi connectivity index (χ2v) is 6.30. The van der Waals surface area contributed by atoms with Crippen molar-refractivity contribution in [1.82, 2.24) is 4.90 Å². The molecule has 0 radical (unpaired) electrons. The van der Waals surface area contributed by atoms with Crippen LogP contribution >= 0.6 is 0 Å². The third kappa shape index (κ3) is 3.51. The molecule has 1 aliphatic rings. The Bertz CT molecular complexity index is 477. The molecule has 110 valence electrons. The molecule has 2 rings (SSSR count). The average Bonchev–Trinajstić information content (AvgIpc) is 2.38. The van der Waals surface area contributed by atoms with Gasteiger partial charge in [-0.2, -0.15) is 0 Å². The lowest BCUT2D eigenvalue weighted by Crippen LogP contribution is -2.44. The van der Waals surface area contributed by atoms with Crippen LogP contribution in [0.4, 0.5) is 5.69 Å². The van der Waals surface area contributed by atoms with Gasteiger partial charge in [0.25, 0.3) is 0 Å². The Morgan fingerprint density at radius 1 is 1.25 bits per heavy atom. The molecule has 0 saturated carbocycles. The SMILES string of the molecule is CN1CCN(c2cccc(C(C)(C)CC(=O)O)c2)CC1. The smallest absolute Gasteiger partial charge is 0.304 e. The van der Waals surface area contributed by atoms with Crippen LogP contribution in [-0.4, -0.2) is 49.2 Å². The van der Waals surface area contributed by atoms with Crippen LogP contribution in [0.3, 0.4) is 0 Å². The molecule has 4 heteroatoms. The van der Waals surface area contributed by atoms with Crippen LogP contribution in [0, 0.1) is 0 Å². The molecule has 20 heavy (non-hydrogen) atoms. The van der Waals surface area contributed by atoms with Crippen molar-refractivity contribution in [2.24, 2.45) is 0 Å². The highest BCUT2D eigenvalue weighted by atomic mass is 16.4. The maximum atomic E-state index is 11.0. The standard InChI is InChI=1S/C16H24N2O2/c1-16(2,12-15(19)20)13-5-4-6-14(11-13)18-9-7-17(3)8-10-18/h4-6,11H,7-10,12H2,1-3H3,(H,19,20). The number of carboxylic acids is 1. The number of likely N-dealkylation sites (N-methyl/N-ethyl adjacent to an activating group) is 1. The highest BCUT2D eigenvalue weighted by Gasteiger charge is 2.25. The largest absolute Gasteiger partial charge is 0.481 e. The number of hydrogen-bond donors (Lipinski definition) is 1. The van der Waals surface area contributed by atoms with E-state index in [4.69, 9.17) is 5.11 Å². The topological polar surface area (TPSA) is 43.8 Å². The van der Waals surface area contributed by atoms with Gasteiger partial charge >= 0.3 is 5.97 Å². The molecule has 1 aromatic rings. The van der Waals surface area contributed by atoms with Crippen molar-refractivity contribution in [3.05, 3.63) is 29.8 Å². The molecule has 0 bridgehead atoms. The highest BCUT2D eigenvalue weighted by molar-refractivity contribution is 5.69. The summed E-state index contributed by atoms with van der Waals surface area (Å²) in [5.41, 5.74) is 1.96. The van der Waals surface area contributed by atoms with E-state index in [0.29, 0.717) is 0 Å². The van der Waals surface area contributed by atoms with Gasteiger partial charge < -0.3 is 14.9 Å². The fraction of sp³-hybridized carbons (Fsp3) is 0.562. The zero-order chi connectivity index (χ0) is 14.8. The van der Waals surface area contributed by atoms with Gasteiger partial charge in [0, 0.05) is 37.3 Å². The monoisotopic (exact) mass is 276 g/mol. The summed E-state index contributed by atoms with van der Waals surface area (Å²) in [6, 6.07) is 8.33. The zero-order valence-corrected chi connectivity index (χ0v) is 12.6. The van der Waals surface area contributed by atoms with Crippen molar-refractivity contribution >= 4 is 11.7 Å². The lowest BCUT2D eigenvalue weighted by molar-refractivity contribution is -0.138. The number of carboxylic acid groups (broad SMARTS) is 1. The molecule has 1 N–H and O–H groups in total. The van der Waals surface area contributed by atoms with Crippen molar-refractivity contribution in [2.75, 3.05) is 38.1 Å². The van der Waals surface area contributed by atoms with Gasteiger partial charge in [-0.3, -0.25) is 4.79 Å². The molecule has 1 aliphatic heterocycles. The number of nitrogens with zero attached hydrogens (tertiary/aromatic N) is 2. The molecule has 0 aliphatic carbocycles. The van der Waals surface area contributed by atoms with Crippen LogP contribution in [0.15, 0.2) is 24.3 Å². The van der Waals surface area contributed by atoms with Crippen molar-refractivity contribution in [3.63, 3.8) is 0 Å². The molecular formula is C16H24N2O2. The quantitative estimate of drug-likeness (QED) is 0.915. The summed E-state index contributed by atoms with van der Waals surface area (Å²) in [4.78, 5) is 15.7. The summed E-state index contributed by atoms with van der Waals surface area (Å²) in [5.74, 6) is -0.750. The Labute approximate surface area is 121 Å². The van der Waals surface area contributed by atoms with E-state index in [1.165, 1.54) is 5.69 Å². The summed E-state index contributed by atoms with van der Waals surface area (Å²) in [5, 5.41) is 9.04. The third-order valence-electron chi connectivity index (χ3n) is 4.09. The number of rotatable bonds is 4. The first-order valence-electron chi connectivity index (χ1n) is 7.14. The predicted molar refractivity (Wildman–Crippen MR) is 81.4 cm³/mol. The summed E-state index contributed by atoms with van der Waals surface area (Å²) >= 11 is 0. The Balaban J connectivity index is 2.17. The number of piperazine rings is 1. The van der Waals surface area contributed by atoms with Crippen molar-refractivity contribution in [3.8, 4) is 0 Å². The molecule has 0 aromatic heterocycles. The summed E-state index contributed by atoms with van der Waals surface area (Å²) < 4.78 is 0. The predicted octanol–water partition coefficient (Wildman–Crippen LogP) is 2.19. The van der Waals surface area contributed by atoms with Gasteiger partial charge in [-0.1, -0.05) is 26.0 Å². The van der Waals surface area contributed by atoms with E-state index in [9.17, 15) is 4.79 Å². The number of aliphatic carboxylic acids is 1. The number of benzene rings is 1. The number of hydrogen-bond acceptors (Lipinski definition) is 3. The first-order chi connectivity index (χ1) is 9.38. The molecule has 4 nitrogen and oxygen atoms in total. The molecular weight excluding hydrogens is 252 g/mol. The van der Waals surface area contributed by atoms with Gasteiger partial charge in [-0.25, -0.2) is 0 Å². The minimum atomic E-state index is -0.750. The first-order valence-corrected chi connectivity index (χ1v) is 7.14. The molecule has 1 aromatic carbocycles. The van der Waals surface area contributed by atoms with Gasteiger partial charge in [0.15, 0.2) is 0 Å². The lowest BCUT2D eigenvalue weighted by atomic mass is 9.81. The van der Waals surface area contributed by atoms with E-state index in [1.54, 1.807) is 0 Å². The van der Waals surface area contributed by atoms with Crippen LogP contribution in [0.5, 0.6) is 0 Å². The van der Waals surface area contributed by atoms with Crippen molar-refractivity contribution in [2.45, 2.75) is 25.7 Å². The molecule has 0 atom stereocenters. The van der Waals surface area contributed by atoms with E-state index in [1.807, 2.05) is 26.0 Å². The van der Waals surface area contributed by atoms with Gasteiger partial charge in [0.1, 0.15) is 0 Å². The van der Waals surface area contributed by atoms with Crippen LogP contribution in [0.25, 0.3) is 0 Å². The van der Waals surface area contributed by atoms with Crippen molar-refractivity contribution in [1.29, 1.82) is 0 Å². The van der Waals surface area contributed by atoms with Crippen molar-refractivity contribution < 1.29 is 9.90 Å². The Morgan fingerprint density at radius 3 is 2.50 bits per heavy atom. The fourth-order valence-corrected chi connectivity index (χ4v) is 2.67. The maximum absolute atomic E-state index is 11.0. The zero-order valence-electron chi connectivity index (χ0n) is 12.6. The van der Waals surface area contributed by atoms with Gasteiger partial charge in [0.05, 0.1) is 6.42 Å². The van der Waals surface area contributed by atoms with E-state index >= 15 is 0 Å². The molecule has 1 saturated heterocycles. The average molecular weight is 276 g/mol. The second-order valence-electron chi connectivity index (χ2n) is 6.30. The minimum absolute atomic E-state index is 0.152. The highest BCUT2D eigenvalue weighted by Crippen LogP contribution is 2.30. The summed E-state index contributed by atoms with van der Waals surface area (Å²) in [6.45, 7) is 8.18. The van der Waals surface area contributed by atoms with Crippen LogP contribution in [-0.2, 0) is 10.2 Å². The Hall–Kier alpha value is -1.55. The van der Waals surface area contributed by atoms with E-state index in [0.717, 1.165) is 31.7 Å². The number of anilines is 1. The normalized spacial score (nSPS) is 17.2. The Kier molecular flexibility index (Phi) is 4.33. The molecule has 0 unspecified atom stereocenters. The molecule has 0 spiro atoms. The fourth-order valence-electron chi connectivity index (χ4n) is 2.67. The molecule has 1 fully saturated rings. The third-order valence-corrected chi connectivity index (χ3v) is 4.09. The number of carbonyl (C=O) groups is 1. The maximum Gasteiger partial charge on any atom is 0.304 e. The molecule has 1 heterocycles.